The molecule has 2 aromatic rings. The minimum atomic E-state index is -0.847. The van der Waals surface area contributed by atoms with Gasteiger partial charge in [-0.2, -0.15) is 0 Å². The van der Waals surface area contributed by atoms with E-state index in [2.05, 4.69) is 4.98 Å². The van der Waals surface area contributed by atoms with Crippen molar-refractivity contribution >= 4 is 38.3 Å². The van der Waals surface area contributed by atoms with Crippen LogP contribution in [0.15, 0.2) is 18.2 Å². The smallest absolute Gasteiger partial charge is 0.326 e. The number of rotatable bonds is 3. The fourth-order valence-corrected chi connectivity index (χ4v) is 3.58. The Morgan fingerprint density at radius 3 is 3.00 bits per heavy atom. The lowest BCUT2D eigenvalue weighted by Gasteiger charge is -2.32. The van der Waals surface area contributed by atoms with Gasteiger partial charge in [-0.3, -0.25) is 10.1 Å². The van der Waals surface area contributed by atoms with Gasteiger partial charge in [-0.15, -0.1) is 0 Å². The van der Waals surface area contributed by atoms with E-state index >= 15 is 0 Å². The van der Waals surface area contributed by atoms with Crippen molar-refractivity contribution < 1.29 is 14.8 Å². The van der Waals surface area contributed by atoms with Crippen molar-refractivity contribution in [3.63, 3.8) is 0 Å². The fraction of sp³-hybridized carbons (Fsp3) is 0.385. The number of fused-ring (bicyclic) bond motifs is 1. The number of nitro groups is 1. The number of anilines is 1. The second-order valence-corrected chi connectivity index (χ2v) is 5.96. The topological polar surface area (TPSA) is 96.6 Å². The monoisotopic (exact) mass is 307 g/mol. The Morgan fingerprint density at radius 1 is 1.48 bits per heavy atom. The molecular formula is C13H13N3O4S. The number of aliphatic carboxylic acids is 1. The van der Waals surface area contributed by atoms with Crippen LogP contribution in [-0.4, -0.2) is 33.6 Å². The normalized spacial score (nSPS) is 18.9. The van der Waals surface area contributed by atoms with E-state index in [1.54, 1.807) is 11.0 Å². The first-order valence-corrected chi connectivity index (χ1v) is 7.42. The van der Waals surface area contributed by atoms with Crippen molar-refractivity contribution in [2.24, 2.45) is 0 Å². The Labute approximate surface area is 124 Å². The number of hydrogen-bond acceptors (Lipinski definition) is 6. The zero-order valence-corrected chi connectivity index (χ0v) is 11.9. The van der Waals surface area contributed by atoms with Gasteiger partial charge < -0.3 is 10.0 Å². The van der Waals surface area contributed by atoms with Gasteiger partial charge in [0.1, 0.15) is 6.04 Å². The molecule has 0 bridgehead atoms. The van der Waals surface area contributed by atoms with Crippen molar-refractivity contribution in [3.8, 4) is 0 Å². The summed E-state index contributed by atoms with van der Waals surface area (Å²) in [4.78, 5) is 27.9. The SMILES string of the molecule is O=C(O)[C@H]1CCCCN1c1nc2cc([N+](=O)[O-])ccc2s1. The number of thiazole rings is 1. The number of nitrogens with zero attached hydrogens (tertiary/aromatic N) is 3. The number of carboxylic acid groups (broad SMARTS) is 1. The van der Waals surface area contributed by atoms with Crippen LogP contribution in [0.4, 0.5) is 10.8 Å². The number of carbonyl (C=O) groups is 1. The molecule has 1 aliphatic rings. The van der Waals surface area contributed by atoms with Crippen molar-refractivity contribution in [1.29, 1.82) is 0 Å². The molecule has 2 heterocycles. The summed E-state index contributed by atoms with van der Waals surface area (Å²) < 4.78 is 0.824. The predicted molar refractivity (Wildman–Crippen MR) is 78.9 cm³/mol. The Hall–Kier alpha value is -2.22. The third kappa shape index (κ3) is 2.54. The molecule has 110 valence electrons. The van der Waals surface area contributed by atoms with E-state index in [1.165, 1.54) is 23.5 Å². The Balaban J connectivity index is 1.99. The molecule has 1 N–H and O–H groups in total. The van der Waals surface area contributed by atoms with Crippen LogP contribution in [0.3, 0.4) is 0 Å². The number of aromatic nitrogens is 1. The van der Waals surface area contributed by atoms with Crippen molar-refractivity contribution in [1.82, 2.24) is 4.98 Å². The number of benzene rings is 1. The first-order valence-electron chi connectivity index (χ1n) is 6.60. The van der Waals surface area contributed by atoms with Crippen LogP contribution in [0, 0.1) is 10.1 Å². The molecule has 1 atom stereocenters. The van der Waals surface area contributed by atoms with Gasteiger partial charge in [-0.1, -0.05) is 11.3 Å². The standard InChI is InChI=1S/C13H13N3O4S/c17-12(18)10-3-1-2-6-15(10)13-14-9-7-8(16(19)20)4-5-11(9)21-13/h4-5,7,10H,1-3,6H2,(H,17,18)/t10-/m1/s1. The van der Waals surface area contributed by atoms with Gasteiger partial charge in [0.25, 0.3) is 5.69 Å². The minimum absolute atomic E-state index is 0.00669. The Kier molecular flexibility index (Phi) is 3.46. The highest BCUT2D eigenvalue weighted by atomic mass is 32.1. The van der Waals surface area contributed by atoms with E-state index in [9.17, 15) is 20.0 Å². The summed E-state index contributed by atoms with van der Waals surface area (Å²) in [6.45, 7) is 0.652. The average molecular weight is 307 g/mol. The molecule has 0 spiro atoms. The number of non-ortho nitro benzene ring substituents is 1. The lowest BCUT2D eigenvalue weighted by atomic mass is 10.0. The molecule has 0 amide bonds. The number of nitro benzene ring substituents is 1. The lowest BCUT2D eigenvalue weighted by Crippen LogP contribution is -2.44. The van der Waals surface area contributed by atoms with Crippen molar-refractivity contribution in [3.05, 3.63) is 28.3 Å². The zero-order valence-electron chi connectivity index (χ0n) is 11.1. The molecule has 1 aromatic heterocycles. The van der Waals surface area contributed by atoms with Crippen LogP contribution in [0.5, 0.6) is 0 Å². The first kappa shape index (κ1) is 13.7. The molecule has 1 fully saturated rings. The van der Waals surface area contributed by atoms with Crippen molar-refractivity contribution in [2.75, 3.05) is 11.4 Å². The highest BCUT2D eigenvalue weighted by Crippen LogP contribution is 2.34. The predicted octanol–water partition coefficient (Wildman–Crippen LogP) is 2.65. The van der Waals surface area contributed by atoms with E-state index in [0.717, 1.165) is 17.5 Å². The Bertz CT molecular complexity index is 715. The highest BCUT2D eigenvalue weighted by Gasteiger charge is 2.30. The molecule has 0 saturated carbocycles. The maximum Gasteiger partial charge on any atom is 0.326 e. The summed E-state index contributed by atoms with van der Waals surface area (Å²) >= 11 is 1.37. The van der Waals surface area contributed by atoms with E-state index in [0.29, 0.717) is 23.6 Å². The van der Waals surface area contributed by atoms with Crippen LogP contribution >= 0.6 is 11.3 Å². The Morgan fingerprint density at radius 2 is 2.29 bits per heavy atom. The van der Waals surface area contributed by atoms with E-state index in [1.807, 2.05) is 0 Å². The second kappa shape index (κ2) is 5.28. The van der Waals surface area contributed by atoms with Crippen LogP contribution < -0.4 is 4.90 Å². The maximum atomic E-state index is 11.3. The van der Waals surface area contributed by atoms with Crippen LogP contribution in [0.25, 0.3) is 10.2 Å². The zero-order chi connectivity index (χ0) is 15.0. The number of piperidine rings is 1. The van der Waals surface area contributed by atoms with E-state index in [-0.39, 0.29) is 5.69 Å². The van der Waals surface area contributed by atoms with Crippen LogP contribution in [0.1, 0.15) is 19.3 Å². The third-order valence-electron chi connectivity index (χ3n) is 3.60. The summed E-state index contributed by atoms with van der Waals surface area (Å²) in [5.74, 6) is -0.847. The van der Waals surface area contributed by atoms with E-state index < -0.39 is 16.9 Å². The molecule has 0 aliphatic carbocycles. The maximum absolute atomic E-state index is 11.3. The largest absolute Gasteiger partial charge is 0.480 e. The lowest BCUT2D eigenvalue weighted by molar-refractivity contribution is -0.384. The van der Waals surface area contributed by atoms with Gasteiger partial charge in [-0.25, -0.2) is 9.78 Å². The highest BCUT2D eigenvalue weighted by molar-refractivity contribution is 7.22. The van der Waals surface area contributed by atoms with E-state index in [4.69, 9.17) is 0 Å². The van der Waals surface area contributed by atoms with Crippen LogP contribution in [0.2, 0.25) is 0 Å². The quantitative estimate of drug-likeness (QED) is 0.691. The second-order valence-electron chi connectivity index (χ2n) is 4.95. The van der Waals surface area contributed by atoms with Gasteiger partial charge in [0.15, 0.2) is 5.13 Å². The van der Waals surface area contributed by atoms with Gasteiger partial charge in [0, 0.05) is 18.7 Å². The van der Waals surface area contributed by atoms with Gasteiger partial charge in [0.05, 0.1) is 15.1 Å². The third-order valence-corrected chi connectivity index (χ3v) is 4.68. The fourth-order valence-electron chi connectivity index (χ4n) is 2.56. The summed E-state index contributed by atoms with van der Waals surface area (Å²) in [6.07, 6.45) is 2.43. The van der Waals surface area contributed by atoms with Crippen molar-refractivity contribution in [2.45, 2.75) is 25.3 Å². The molecule has 3 rings (SSSR count). The van der Waals surface area contributed by atoms with Gasteiger partial charge in [0.2, 0.25) is 0 Å². The van der Waals surface area contributed by atoms with Gasteiger partial charge in [-0.05, 0) is 25.3 Å². The van der Waals surface area contributed by atoms with Gasteiger partial charge >= 0.3 is 5.97 Å². The molecule has 1 aromatic carbocycles. The number of hydrogen-bond donors (Lipinski definition) is 1. The molecule has 0 radical (unpaired) electrons. The molecular weight excluding hydrogens is 294 g/mol. The first-order chi connectivity index (χ1) is 10.1. The minimum Gasteiger partial charge on any atom is -0.480 e. The summed E-state index contributed by atoms with van der Waals surface area (Å²) in [7, 11) is 0. The molecule has 1 aliphatic heterocycles. The molecule has 21 heavy (non-hydrogen) atoms. The summed E-state index contributed by atoms with van der Waals surface area (Å²) in [6, 6.07) is 3.97. The summed E-state index contributed by atoms with van der Waals surface area (Å²) in [5, 5.41) is 20.7. The average Bonchev–Trinajstić information content (AvgIpc) is 2.89. The molecule has 0 unspecified atom stereocenters. The molecule has 7 nitrogen and oxygen atoms in total. The number of carboxylic acids is 1. The summed E-state index contributed by atoms with van der Waals surface area (Å²) in [5.41, 5.74) is 0.534. The molecule has 1 saturated heterocycles. The van der Waals surface area contributed by atoms with Crippen LogP contribution in [-0.2, 0) is 4.79 Å². The molecule has 8 heteroatoms.